The van der Waals surface area contributed by atoms with Crippen LogP contribution in [0.5, 0.6) is 5.75 Å². The maximum atomic E-state index is 13.5. The number of rotatable bonds is 3. The monoisotopic (exact) mass is 298 g/mol. The summed E-state index contributed by atoms with van der Waals surface area (Å²) in [5.74, 6) is -2.26. The summed E-state index contributed by atoms with van der Waals surface area (Å²) in [6.07, 6.45) is -4.95. The predicted octanol–water partition coefficient (Wildman–Crippen LogP) is 4.26. The number of carbonyl (C=O) groups is 1. The Hall–Kier alpha value is -2.37. The standard InChI is InChI=1S/C15H10F4O2/c1-9-12(14(20)10-5-3-2-4-6-10)7-11(16)8-13(9)21-15(17,18)19/h2-8H,1H3. The number of alkyl halides is 3. The zero-order valence-electron chi connectivity index (χ0n) is 10.9. The van der Waals surface area contributed by atoms with Crippen LogP contribution in [0.15, 0.2) is 42.5 Å². The molecule has 0 saturated heterocycles. The van der Waals surface area contributed by atoms with E-state index in [2.05, 4.69) is 4.74 Å². The minimum absolute atomic E-state index is 0.0671. The van der Waals surface area contributed by atoms with E-state index >= 15 is 0 Å². The molecule has 0 aliphatic heterocycles. The highest BCUT2D eigenvalue weighted by Crippen LogP contribution is 2.30. The number of ketones is 1. The molecule has 2 rings (SSSR count). The second-order valence-electron chi connectivity index (χ2n) is 4.32. The summed E-state index contributed by atoms with van der Waals surface area (Å²) in [6.45, 7) is 1.27. The number of carbonyl (C=O) groups excluding carboxylic acids is 1. The topological polar surface area (TPSA) is 26.3 Å². The van der Waals surface area contributed by atoms with Crippen molar-refractivity contribution in [3.8, 4) is 5.75 Å². The molecule has 0 heterocycles. The molecule has 0 aromatic heterocycles. The van der Waals surface area contributed by atoms with Gasteiger partial charge in [-0.3, -0.25) is 4.79 Å². The van der Waals surface area contributed by atoms with Crippen molar-refractivity contribution in [2.75, 3.05) is 0 Å². The second kappa shape index (κ2) is 5.55. The first-order valence-electron chi connectivity index (χ1n) is 5.93. The Morgan fingerprint density at radius 1 is 1.10 bits per heavy atom. The van der Waals surface area contributed by atoms with Crippen LogP contribution in [0.25, 0.3) is 0 Å². The molecular weight excluding hydrogens is 288 g/mol. The molecule has 0 radical (unpaired) electrons. The summed E-state index contributed by atoms with van der Waals surface area (Å²) in [5.41, 5.74) is 0.0205. The van der Waals surface area contributed by atoms with E-state index in [4.69, 9.17) is 0 Å². The Morgan fingerprint density at radius 3 is 2.29 bits per heavy atom. The van der Waals surface area contributed by atoms with Crippen molar-refractivity contribution in [1.29, 1.82) is 0 Å². The van der Waals surface area contributed by atoms with Gasteiger partial charge in [0, 0.05) is 22.8 Å². The summed E-state index contributed by atoms with van der Waals surface area (Å²) in [7, 11) is 0. The highest BCUT2D eigenvalue weighted by atomic mass is 19.4. The van der Waals surface area contributed by atoms with Crippen molar-refractivity contribution in [1.82, 2.24) is 0 Å². The lowest BCUT2D eigenvalue weighted by atomic mass is 9.98. The fourth-order valence-corrected chi connectivity index (χ4v) is 1.87. The SMILES string of the molecule is Cc1c(OC(F)(F)F)cc(F)cc1C(=O)c1ccccc1. The summed E-state index contributed by atoms with van der Waals surface area (Å²) >= 11 is 0. The van der Waals surface area contributed by atoms with Crippen molar-refractivity contribution < 1.29 is 27.1 Å². The number of halogens is 4. The largest absolute Gasteiger partial charge is 0.573 e. The van der Waals surface area contributed by atoms with Crippen molar-refractivity contribution in [3.05, 3.63) is 65.0 Å². The maximum absolute atomic E-state index is 13.5. The molecule has 0 unspecified atom stereocenters. The molecule has 110 valence electrons. The van der Waals surface area contributed by atoms with Gasteiger partial charge in [0.05, 0.1) is 0 Å². The molecule has 0 saturated carbocycles. The van der Waals surface area contributed by atoms with Crippen molar-refractivity contribution in [2.24, 2.45) is 0 Å². The van der Waals surface area contributed by atoms with E-state index in [1.807, 2.05) is 0 Å². The van der Waals surface area contributed by atoms with E-state index in [1.54, 1.807) is 18.2 Å². The fourth-order valence-electron chi connectivity index (χ4n) is 1.87. The Labute approximate surface area is 118 Å². The van der Waals surface area contributed by atoms with Gasteiger partial charge in [-0.25, -0.2) is 4.39 Å². The average Bonchev–Trinajstić information content (AvgIpc) is 2.41. The van der Waals surface area contributed by atoms with Crippen molar-refractivity contribution in [2.45, 2.75) is 13.3 Å². The van der Waals surface area contributed by atoms with Crippen LogP contribution in [0.1, 0.15) is 21.5 Å². The van der Waals surface area contributed by atoms with Crippen LogP contribution in [0.2, 0.25) is 0 Å². The van der Waals surface area contributed by atoms with Gasteiger partial charge < -0.3 is 4.74 Å². The fraction of sp³-hybridized carbons (Fsp3) is 0.133. The van der Waals surface area contributed by atoms with Gasteiger partial charge >= 0.3 is 6.36 Å². The van der Waals surface area contributed by atoms with Gasteiger partial charge in [0.25, 0.3) is 0 Å². The number of benzene rings is 2. The lowest BCUT2D eigenvalue weighted by Crippen LogP contribution is -2.19. The third-order valence-electron chi connectivity index (χ3n) is 2.83. The van der Waals surface area contributed by atoms with Crippen LogP contribution in [-0.4, -0.2) is 12.1 Å². The lowest BCUT2D eigenvalue weighted by molar-refractivity contribution is -0.274. The van der Waals surface area contributed by atoms with E-state index < -0.39 is 23.7 Å². The zero-order chi connectivity index (χ0) is 15.6. The summed E-state index contributed by atoms with van der Waals surface area (Å²) < 4.78 is 54.0. The second-order valence-corrected chi connectivity index (χ2v) is 4.32. The molecule has 2 aromatic carbocycles. The minimum Gasteiger partial charge on any atom is -0.405 e. The van der Waals surface area contributed by atoms with Crippen LogP contribution in [0, 0.1) is 12.7 Å². The molecule has 0 fully saturated rings. The predicted molar refractivity (Wildman–Crippen MR) is 67.7 cm³/mol. The molecule has 0 bridgehead atoms. The Kier molecular flexibility index (Phi) is 3.97. The first-order chi connectivity index (χ1) is 9.78. The normalized spacial score (nSPS) is 11.3. The van der Waals surface area contributed by atoms with Crippen LogP contribution < -0.4 is 4.74 Å². The number of ether oxygens (including phenoxy) is 1. The van der Waals surface area contributed by atoms with E-state index in [-0.39, 0.29) is 16.7 Å². The number of hydrogen-bond donors (Lipinski definition) is 0. The van der Waals surface area contributed by atoms with Gasteiger partial charge in [0.2, 0.25) is 0 Å². The molecule has 2 aromatic rings. The molecule has 0 atom stereocenters. The van der Waals surface area contributed by atoms with E-state index in [9.17, 15) is 22.4 Å². The molecular formula is C15H10F4O2. The van der Waals surface area contributed by atoms with Crippen LogP contribution in [-0.2, 0) is 0 Å². The Balaban J connectivity index is 2.47. The zero-order valence-corrected chi connectivity index (χ0v) is 10.9. The van der Waals surface area contributed by atoms with E-state index in [0.717, 1.165) is 6.07 Å². The molecule has 0 N–H and O–H groups in total. The average molecular weight is 298 g/mol. The lowest BCUT2D eigenvalue weighted by Gasteiger charge is -2.14. The quantitative estimate of drug-likeness (QED) is 0.625. The summed E-state index contributed by atoms with van der Waals surface area (Å²) in [5, 5.41) is 0. The summed E-state index contributed by atoms with van der Waals surface area (Å²) in [6, 6.07) is 9.39. The first kappa shape index (κ1) is 15.0. The summed E-state index contributed by atoms with van der Waals surface area (Å²) in [4.78, 5) is 12.2. The first-order valence-corrected chi connectivity index (χ1v) is 5.93. The van der Waals surface area contributed by atoms with Gasteiger partial charge in [-0.05, 0) is 13.0 Å². The number of hydrogen-bond acceptors (Lipinski definition) is 2. The molecule has 6 heteroatoms. The van der Waals surface area contributed by atoms with Gasteiger partial charge in [-0.15, -0.1) is 13.2 Å². The Bertz CT molecular complexity index is 663. The van der Waals surface area contributed by atoms with Gasteiger partial charge in [-0.2, -0.15) is 0 Å². The minimum atomic E-state index is -4.95. The van der Waals surface area contributed by atoms with Gasteiger partial charge in [0.1, 0.15) is 11.6 Å². The van der Waals surface area contributed by atoms with Gasteiger partial charge in [0.15, 0.2) is 5.78 Å². The molecule has 0 spiro atoms. The third kappa shape index (κ3) is 3.59. The van der Waals surface area contributed by atoms with E-state index in [1.165, 1.54) is 19.1 Å². The maximum Gasteiger partial charge on any atom is 0.573 e. The molecule has 0 aliphatic carbocycles. The van der Waals surface area contributed by atoms with Crippen molar-refractivity contribution in [3.63, 3.8) is 0 Å². The molecule has 0 aliphatic rings. The highest BCUT2D eigenvalue weighted by Gasteiger charge is 2.32. The van der Waals surface area contributed by atoms with E-state index in [0.29, 0.717) is 6.07 Å². The third-order valence-corrected chi connectivity index (χ3v) is 2.83. The van der Waals surface area contributed by atoms with Crippen LogP contribution in [0.4, 0.5) is 17.6 Å². The molecule has 0 amide bonds. The van der Waals surface area contributed by atoms with Crippen molar-refractivity contribution >= 4 is 5.78 Å². The highest BCUT2D eigenvalue weighted by molar-refractivity contribution is 6.10. The smallest absolute Gasteiger partial charge is 0.405 e. The van der Waals surface area contributed by atoms with Crippen LogP contribution in [0.3, 0.4) is 0 Å². The molecule has 2 nitrogen and oxygen atoms in total. The van der Waals surface area contributed by atoms with Gasteiger partial charge in [-0.1, -0.05) is 30.3 Å². The Morgan fingerprint density at radius 2 is 1.71 bits per heavy atom. The molecule has 21 heavy (non-hydrogen) atoms. The van der Waals surface area contributed by atoms with Crippen LogP contribution >= 0.6 is 0 Å².